The Kier molecular flexibility index (Phi) is 2.57. The van der Waals surface area contributed by atoms with Crippen LogP contribution in [0.1, 0.15) is 12.8 Å². The Balaban J connectivity index is 2.35. The minimum Gasteiger partial charge on any atom is -0.490 e. The van der Waals surface area contributed by atoms with Gasteiger partial charge in [-0.25, -0.2) is 18.5 Å². The van der Waals surface area contributed by atoms with E-state index in [1.165, 1.54) is 12.1 Å². The van der Waals surface area contributed by atoms with Crippen LogP contribution in [-0.4, -0.2) is 19.5 Å². The van der Waals surface area contributed by atoms with E-state index >= 15 is 0 Å². The molecule has 0 unspecified atom stereocenters. The van der Waals surface area contributed by atoms with E-state index in [1.54, 1.807) is 0 Å². The molecule has 0 aliphatic heterocycles. The van der Waals surface area contributed by atoms with Crippen molar-refractivity contribution in [2.24, 2.45) is 5.14 Å². The highest BCUT2D eigenvalue weighted by molar-refractivity contribution is 7.89. The molecule has 82 valence electrons. The van der Waals surface area contributed by atoms with Gasteiger partial charge in [0.25, 0.3) is 10.0 Å². The number of pyridine rings is 1. The summed E-state index contributed by atoms with van der Waals surface area (Å²) in [6.07, 6.45) is 2.12. The molecule has 0 amide bonds. The molecule has 0 spiro atoms. The molecule has 0 atom stereocenters. The molecule has 1 aromatic heterocycles. The van der Waals surface area contributed by atoms with Crippen molar-refractivity contribution >= 4 is 21.6 Å². The number of rotatable bonds is 3. The van der Waals surface area contributed by atoms with Gasteiger partial charge in [-0.15, -0.1) is 0 Å². The number of primary sulfonamides is 1. The number of aromatic nitrogens is 1. The molecule has 0 bridgehead atoms. The Labute approximate surface area is 92.3 Å². The molecule has 0 aromatic carbocycles. The summed E-state index contributed by atoms with van der Waals surface area (Å²) < 4.78 is 27.5. The first-order chi connectivity index (χ1) is 6.95. The normalized spacial score (nSPS) is 16.4. The van der Waals surface area contributed by atoms with Crippen molar-refractivity contribution in [3.8, 4) is 5.75 Å². The van der Waals surface area contributed by atoms with E-state index in [-0.39, 0.29) is 16.3 Å². The number of hydrogen-bond acceptors (Lipinski definition) is 4. The van der Waals surface area contributed by atoms with Crippen LogP contribution in [0.5, 0.6) is 5.75 Å². The molecule has 15 heavy (non-hydrogen) atoms. The van der Waals surface area contributed by atoms with Gasteiger partial charge in [-0.1, -0.05) is 11.6 Å². The lowest BCUT2D eigenvalue weighted by Crippen LogP contribution is -2.14. The molecule has 0 radical (unpaired) electrons. The van der Waals surface area contributed by atoms with Crippen molar-refractivity contribution < 1.29 is 13.2 Å². The Morgan fingerprint density at radius 2 is 2.13 bits per heavy atom. The molecule has 5 nitrogen and oxygen atoms in total. The molecular weight excluding hydrogens is 240 g/mol. The van der Waals surface area contributed by atoms with Crippen LogP contribution in [0.25, 0.3) is 0 Å². The Hall–Kier alpha value is -0.850. The minimum atomic E-state index is -3.84. The summed E-state index contributed by atoms with van der Waals surface area (Å²) in [5, 5.41) is 4.72. The third-order valence-corrected chi connectivity index (χ3v) is 2.85. The maximum absolute atomic E-state index is 11.0. The van der Waals surface area contributed by atoms with Crippen LogP contribution in [0.2, 0.25) is 5.15 Å². The minimum absolute atomic E-state index is 0.0529. The Bertz CT molecular complexity index is 485. The van der Waals surface area contributed by atoms with Crippen LogP contribution >= 0.6 is 11.6 Å². The van der Waals surface area contributed by atoms with Gasteiger partial charge < -0.3 is 4.74 Å². The molecule has 0 saturated heterocycles. The van der Waals surface area contributed by atoms with E-state index < -0.39 is 10.0 Å². The van der Waals surface area contributed by atoms with Gasteiger partial charge in [0.15, 0.2) is 5.03 Å². The fourth-order valence-corrected chi connectivity index (χ4v) is 1.80. The molecule has 1 heterocycles. The predicted octanol–water partition coefficient (Wildman–Crippen LogP) is 0.924. The summed E-state index contributed by atoms with van der Waals surface area (Å²) in [5.74, 6) is 0.390. The largest absolute Gasteiger partial charge is 0.490 e. The topological polar surface area (TPSA) is 82.3 Å². The number of ether oxygens (including phenoxy) is 1. The first kappa shape index (κ1) is 10.7. The average molecular weight is 249 g/mol. The van der Waals surface area contributed by atoms with E-state index in [0.29, 0.717) is 5.75 Å². The number of hydrogen-bond donors (Lipinski definition) is 1. The Morgan fingerprint density at radius 1 is 1.47 bits per heavy atom. The second-order valence-corrected chi connectivity index (χ2v) is 5.22. The molecular formula is C8H9ClN2O3S. The van der Waals surface area contributed by atoms with Crippen molar-refractivity contribution in [3.05, 3.63) is 17.3 Å². The van der Waals surface area contributed by atoms with Crippen molar-refractivity contribution in [1.82, 2.24) is 4.98 Å². The van der Waals surface area contributed by atoms with Crippen LogP contribution in [0.15, 0.2) is 17.2 Å². The fraction of sp³-hybridized carbons (Fsp3) is 0.375. The lowest BCUT2D eigenvalue weighted by Gasteiger charge is -2.05. The molecule has 2 N–H and O–H groups in total. The lowest BCUT2D eigenvalue weighted by atomic mass is 10.4. The smallest absolute Gasteiger partial charge is 0.255 e. The zero-order valence-corrected chi connectivity index (χ0v) is 9.25. The van der Waals surface area contributed by atoms with Crippen LogP contribution in [-0.2, 0) is 10.0 Å². The summed E-state index contributed by atoms with van der Waals surface area (Å²) in [5.41, 5.74) is 0. The van der Waals surface area contributed by atoms with Gasteiger partial charge >= 0.3 is 0 Å². The van der Waals surface area contributed by atoms with Gasteiger partial charge in [-0.2, -0.15) is 0 Å². The summed E-state index contributed by atoms with van der Waals surface area (Å²) in [6, 6.07) is 2.74. The number of sulfonamides is 1. The maximum Gasteiger partial charge on any atom is 0.255 e. The standard InChI is InChI=1S/C8H9ClN2O3S/c9-7-3-6(14-5-1-2-5)4-8(11-7)15(10,12)13/h3-5H,1-2H2,(H2,10,12,13). The second kappa shape index (κ2) is 3.62. The molecule has 1 aliphatic rings. The van der Waals surface area contributed by atoms with Gasteiger partial charge in [0, 0.05) is 12.1 Å². The molecule has 1 saturated carbocycles. The number of nitrogens with zero attached hydrogens (tertiary/aromatic N) is 1. The van der Waals surface area contributed by atoms with Crippen molar-refractivity contribution in [2.75, 3.05) is 0 Å². The van der Waals surface area contributed by atoms with E-state index in [4.69, 9.17) is 21.5 Å². The van der Waals surface area contributed by atoms with Gasteiger partial charge in [-0.3, -0.25) is 0 Å². The van der Waals surface area contributed by atoms with Crippen molar-refractivity contribution in [3.63, 3.8) is 0 Å². The van der Waals surface area contributed by atoms with Crippen LogP contribution < -0.4 is 9.88 Å². The second-order valence-electron chi connectivity index (χ2n) is 3.33. The van der Waals surface area contributed by atoms with E-state index in [0.717, 1.165) is 12.8 Å². The summed E-state index contributed by atoms with van der Waals surface area (Å²) in [4.78, 5) is 3.61. The molecule has 1 aliphatic carbocycles. The maximum atomic E-state index is 11.0. The summed E-state index contributed by atoms with van der Waals surface area (Å²) >= 11 is 5.65. The van der Waals surface area contributed by atoms with Gasteiger partial charge in [0.05, 0.1) is 6.10 Å². The third-order valence-electron chi connectivity index (χ3n) is 1.86. The van der Waals surface area contributed by atoms with Gasteiger partial charge in [0.2, 0.25) is 0 Å². The van der Waals surface area contributed by atoms with E-state index in [9.17, 15) is 8.42 Å². The van der Waals surface area contributed by atoms with Crippen molar-refractivity contribution in [2.45, 2.75) is 24.0 Å². The number of halogens is 1. The first-order valence-corrected chi connectivity index (χ1v) is 6.24. The molecule has 1 fully saturated rings. The molecule has 7 heteroatoms. The summed E-state index contributed by atoms with van der Waals surface area (Å²) in [7, 11) is -3.84. The predicted molar refractivity (Wildman–Crippen MR) is 54.3 cm³/mol. The third kappa shape index (κ3) is 2.80. The zero-order chi connectivity index (χ0) is 11.1. The van der Waals surface area contributed by atoms with Crippen LogP contribution in [0.4, 0.5) is 0 Å². The number of nitrogens with two attached hydrogens (primary N) is 1. The van der Waals surface area contributed by atoms with Gasteiger partial charge in [-0.05, 0) is 12.8 Å². The highest BCUT2D eigenvalue weighted by atomic mass is 35.5. The highest BCUT2D eigenvalue weighted by Crippen LogP contribution is 2.28. The van der Waals surface area contributed by atoms with Crippen molar-refractivity contribution in [1.29, 1.82) is 0 Å². The molecule has 1 aromatic rings. The van der Waals surface area contributed by atoms with Crippen LogP contribution in [0, 0.1) is 0 Å². The van der Waals surface area contributed by atoms with Crippen LogP contribution in [0.3, 0.4) is 0 Å². The zero-order valence-electron chi connectivity index (χ0n) is 7.68. The highest BCUT2D eigenvalue weighted by Gasteiger charge is 2.24. The summed E-state index contributed by atoms with van der Waals surface area (Å²) in [6.45, 7) is 0. The first-order valence-electron chi connectivity index (χ1n) is 4.32. The lowest BCUT2D eigenvalue weighted by molar-refractivity contribution is 0.302. The molecule has 2 rings (SSSR count). The SMILES string of the molecule is NS(=O)(=O)c1cc(OC2CC2)cc(Cl)n1. The quantitative estimate of drug-likeness (QED) is 0.807. The van der Waals surface area contributed by atoms with Gasteiger partial charge in [0.1, 0.15) is 10.9 Å². The average Bonchev–Trinajstić information content (AvgIpc) is 2.85. The fourth-order valence-electron chi connectivity index (χ4n) is 1.04. The monoisotopic (exact) mass is 248 g/mol. The van der Waals surface area contributed by atoms with E-state index in [2.05, 4.69) is 4.98 Å². The Morgan fingerprint density at radius 3 is 2.67 bits per heavy atom. The van der Waals surface area contributed by atoms with E-state index in [1.807, 2.05) is 0 Å².